The predicted molar refractivity (Wildman–Crippen MR) is 91.6 cm³/mol. The van der Waals surface area contributed by atoms with Crippen LogP contribution in [0.2, 0.25) is 0 Å². The third-order valence-electron chi connectivity index (χ3n) is 3.37. The molecule has 0 unspecified atom stereocenters. The second kappa shape index (κ2) is 7.75. The first-order chi connectivity index (χ1) is 10.6. The van der Waals surface area contributed by atoms with Gasteiger partial charge in [-0.3, -0.25) is 4.79 Å². The molecule has 0 aliphatic carbocycles. The van der Waals surface area contributed by atoms with Gasteiger partial charge in [0.05, 0.1) is 12.1 Å². The van der Waals surface area contributed by atoms with Gasteiger partial charge in [-0.2, -0.15) is 0 Å². The second-order valence-corrected chi connectivity index (χ2v) is 5.78. The van der Waals surface area contributed by atoms with Gasteiger partial charge < -0.3 is 10.0 Å². The quantitative estimate of drug-likeness (QED) is 0.752. The topological polar surface area (TPSA) is 53.4 Å². The van der Waals surface area contributed by atoms with Crippen LogP contribution in [-0.2, 0) is 11.2 Å². The molecule has 0 amide bonds. The smallest absolute Gasteiger partial charge is 0.305 e. The minimum Gasteiger partial charge on any atom is -0.481 e. The largest absolute Gasteiger partial charge is 0.481 e. The lowest BCUT2D eigenvalue weighted by atomic mass is 10.1. The van der Waals surface area contributed by atoms with E-state index in [0.717, 1.165) is 22.8 Å². The summed E-state index contributed by atoms with van der Waals surface area (Å²) in [5.74, 6) is -0.805. The van der Waals surface area contributed by atoms with Gasteiger partial charge in [-0.15, -0.1) is 17.9 Å². The van der Waals surface area contributed by atoms with Gasteiger partial charge in [0.15, 0.2) is 5.13 Å². The van der Waals surface area contributed by atoms with Crippen LogP contribution in [0.3, 0.4) is 0 Å². The summed E-state index contributed by atoms with van der Waals surface area (Å²) in [6.07, 6.45) is 2.87. The summed E-state index contributed by atoms with van der Waals surface area (Å²) < 4.78 is 0. The summed E-state index contributed by atoms with van der Waals surface area (Å²) in [6, 6.07) is 8.38. The van der Waals surface area contributed by atoms with Crippen molar-refractivity contribution in [3.8, 4) is 11.3 Å². The molecule has 0 aliphatic heterocycles. The molecule has 0 fully saturated rings. The van der Waals surface area contributed by atoms with Crippen molar-refractivity contribution in [1.82, 2.24) is 4.98 Å². The molecule has 22 heavy (non-hydrogen) atoms. The van der Waals surface area contributed by atoms with E-state index in [9.17, 15) is 4.79 Å². The lowest BCUT2D eigenvalue weighted by molar-refractivity contribution is -0.136. The van der Waals surface area contributed by atoms with E-state index in [1.807, 2.05) is 10.3 Å². The van der Waals surface area contributed by atoms with E-state index < -0.39 is 5.97 Å². The number of rotatable bonds is 8. The molecule has 2 aromatic rings. The lowest BCUT2D eigenvalue weighted by Crippen LogP contribution is -2.26. The molecular formula is C17H20N2O2S. The van der Waals surface area contributed by atoms with E-state index in [2.05, 4.69) is 42.8 Å². The number of carboxylic acid groups (broad SMARTS) is 1. The maximum Gasteiger partial charge on any atom is 0.305 e. The molecule has 0 bridgehead atoms. The summed E-state index contributed by atoms with van der Waals surface area (Å²) in [5, 5.41) is 11.7. The molecule has 1 aromatic carbocycles. The Hall–Kier alpha value is -2.14. The van der Waals surface area contributed by atoms with E-state index >= 15 is 0 Å². The van der Waals surface area contributed by atoms with Gasteiger partial charge in [0.1, 0.15) is 0 Å². The molecule has 1 aromatic heterocycles. The van der Waals surface area contributed by atoms with Crippen LogP contribution < -0.4 is 4.90 Å². The Labute approximate surface area is 134 Å². The monoisotopic (exact) mass is 316 g/mol. The van der Waals surface area contributed by atoms with Gasteiger partial charge >= 0.3 is 5.97 Å². The van der Waals surface area contributed by atoms with Crippen LogP contribution in [0, 0.1) is 0 Å². The van der Waals surface area contributed by atoms with E-state index in [1.165, 1.54) is 16.9 Å². The van der Waals surface area contributed by atoms with Crippen molar-refractivity contribution in [2.45, 2.75) is 19.8 Å². The number of aromatic nitrogens is 1. The van der Waals surface area contributed by atoms with Crippen molar-refractivity contribution in [2.24, 2.45) is 0 Å². The highest BCUT2D eigenvalue weighted by atomic mass is 32.1. The van der Waals surface area contributed by atoms with Gasteiger partial charge in [0, 0.05) is 24.0 Å². The molecule has 5 heteroatoms. The SMILES string of the molecule is C=CCN(CCC(=O)O)c1nc(-c2ccc(CC)cc2)cs1. The summed E-state index contributed by atoms with van der Waals surface area (Å²) >= 11 is 1.53. The van der Waals surface area contributed by atoms with Gasteiger partial charge in [-0.1, -0.05) is 37.3 Å². The number of aliphatic carboxylic acids is 1. The van der Waals surface area contributed by atoms with Gasteiger partial charge in [-0.25, -0.2) is 4.98 Å². The van der Waals surface area contributed by atoms with Crippen molar-refractivity contribution in [2.75, 3.05) is 18.0 Å². The third-order valence-corrected chi connectivity index (χ3v) is 4.27. The first-order valence-corrected chi connectivity index (χ1v) is 8.14. The average Bonchev–Trinajstić information content (AvgIpc) is 3.01. The number of benzene rings is 1. The Balaban J connectivity index is 2.16. The molecule has 116 valence electrons. The summed E-state index contributed by atoms with van der Waals surface area (Å²) in [4.78, 5) is 17.3. The van der Waals surface area contributed by atoms with E-state index in [4.69, 9.17) is 5.11 Å². The predicted octanol–water partition coefficient (Wildman–Crippen LogP) is 3.84. The maximum absolute atomic E-state index is 10.8. The fraction of sp³-hybridized carbons (Fsp3) is 0.294. The van der Waals surface area contributed by atoms with E-state index in [0.29, 0.717) is 13.1 Å². The molecule has 4 nitrogen and oxygen atoms in total. The zero-order chi connectivity index (χ0) is 15.9. The van der Waals surface area contributed by atoms with Crippen molar-refractivity contribution in [1.29, 1.82) is 0 Å². The molecule has 1 N–H and O–H groups in total. The lowest BCUT2D eigenvalue weighted by Gasteiger charge is -2.18. The summed E-state index contributed by atoms with van der Waals surface area (Å²) in [6.45, 7) is 6.88. The number of carboxylic acids is 1. The highest BCUT2D eigenvalue weighted by Crippen LogP contribution is 2.27. The minimum absolute atomic E-state index is 0.0912. The fourth-order valence-corrected chi connectivity index (χ4v) is 2.98. The standard InChI is InChI=1S/C17H20N2O2S/c1-3-10-19(11-9-16(20)21)17-18-15(12-22-17)14-7-5-13(4-2)6-8-14/h3,5-8,12H,1,4,9-11H2,2H3,(H,20,21). The summed E-state index contributed by atoms with van der Waals surface area (Å²) in [7, 11) is 0. The highest BCUT2D eigenvalue weighted by molar-refractivity contribution is 7.14. The molecular weight excluding hydrogens is 296 g/mol. The van der Waals surface area contributed by atoms with Crippen molar-refractivity contribution >= 4 is 22.4 Å². The average molecular weight is 316 g/mol. The van der Waals surface area contributed by atoms with Crippen LogP contribution in [0.15, 0.2) is 42.3 Å². The number of nitrogens with zero attached hydrogens (tertiary/aromatic N) is 2. The first-order valence-electron chi connectivity index (χ1n) is 7.26. The Kier molecular flexibility index (Phi) is 5.72. The van der Waals surface area contributed by atoms with Crippen LogP contribution in [0.4, 0.5) is 5.13 Å². The minimum atomic E-state index is -0.805. The van der Waals surface area contributed by atoms with Gasteiger partial charge in [-0.05, 0) is 12.0 Å². The molecule has 0 aliphatic rings. The zero-order valence-corrected chi connectivity index (χ0v) is 13.5. The molecule has 0 saturated carbocycles. The molecule has 2 rings (SSSR count). The van der Waals surface area contributed by atoms with Crippen LogP contribution in [0.5, 0.6) is 0 Å². The maximum atomic E-state index is 10.8. The number of hydrogen-bond acceptors (Lipinski definition) is 4. The van der Waals surface area contributed by atoms with Gasteiger partial charge in [0.2, 0.25) is 0 Å². The van der Waals surface area contributed by atoms with Crippen LogP contribution >= 0.6 is 11.3 Å². The number of anilines is 1. The number of hydrogen-bond donors (Lipinski definition) is 1. The van der Waals surface area contributed by atoms with Crippen LogP contribution in [0.25, 0.3) is 11.3 Å². The molecule has 0 atom stereocenters. The summed E-state index contributed by atoms with van der Waals surface area (Å²) in [5.41, 5.74) is 3.30. The van der Waals surface area contributed by atoms with Crippen LogP contribution in [0.1, 0.15) is 18.9 Å². The molecule has 0 saturated heterocycles. The molecule has 0 spiro atoms. The Morgan fingerprint density at radius 3 is 2.73 bits per heavy atom. The first kappa shape index (κ1) is 16.2. The fourth-order valence-electron chi connectivity index (χ4n) is 2.10. The van der Waals surface area contributed by atoms with E-state index in [1.54, 1.807) is 6.08 Å². The number of aryl methyl sites for hydroxylation is 1. The third kappa shape index (κ3) is 4.18. The Morgan fingerprint density at radius 2 is 2.14 bits per heavy atom. The second-order valence-electron chi connectivity index (χ2n) is 4.94. The zero-order valence-electron chi connectivity index (χ0n) is 12.7. The van der Waals surface area contributed by atoms with E-state index in [-0.39, 0.29) is 6.42 Å². The van der Waals surface area contributed by atoms with Crippen molar-refractivity contribution in [3.63, 3.8) is 0 Å². The van der Waals surface area contributed by atoms with Crippen LogP contribution in [-0.4, -0.2) is 29.1 Å². The normalized spacial score (nSPS) is 10.4. The Bertz CT molecular complexity index is 634. The molecule has 1 heterocycles. The molecule has 0 radical (unpaired) electrons. The van der Waals surface area contributed by atoms with Gasteiger partial charge in [0.25, 0.3) is 0 Å². The highest BCUT2D eigenvalue weighted by Gasteiger charge is 2.12. The van der Waals surface area contributed by atoms with Crippen molar-refractivity contribution < 1.29 is 9.90 Å². The van der Waals surface area contributed by atoms with Crippen molar-refractivity contribution in [3.05, 3.63) is 47.9 Å². The number of carbonyl (C=O) groups is 1. The number of thiazole rings is 1. The Morgan fingerprint density at radius 1 is 1.41 bits per heavy atom.